The van der Waals surface area contributed by atoms with E-state index in [-0.39, 0.29) is 5.91 Å². The van der Waals surface area contributed by atoms with E-state index < -0.39 is 0 Å². The highest BCUT2D eigenvalue weighted by atomic mass is 35.5. The predicted octanol–water partition coefficient (Wildman–Crippen LogP) is 7.95. The SMILES string of the molecule is O=C(NCCSCc1ccc(Cl)c(Cl)c1)c1ccc2c(c1)[C@@H]1[C@H]3CC[C@@H](C3)[C@H]1[C@H](c1ccccc1)N2. The average Bonchev–Trinajstić information content (AvgIpc) is 3.53. The van der Waals surface area contributed by atoms with E-state index in [4.69, 9.17) is 23.2 Å². The second-order valence-corrected chi connectivity index (χ2v) is 12.2. The van der Waals surface area contributed by atoms with Gasteiger partial charge in [0.05, 0.1) is 16.1 Å². The van der Waals surface area contributed by atoms with Crippen LogP contribution in [0, 0.1) is 17.8 Å². The summed E-state index contributed by atoms with van der Waals surface area (Å²) in [5.74, 6) is 4.35. The van der Waals surface area contributed by atoms with Gasteiger partial charge in [-0.3, -0.25) is 4.79 Å². The van der Waals surface area contributed by atoms with Crippen molar-refractivity contribution in [2.24, 2.45) is 17.8 Å². The van der Waals surface area contributed by atoms with Crippen molar-refractivity contribution in [3.8, 4) is 0 Å². The molecule has 6 rings (SSSR count). The number of carbonyl (C=O) groups is 1. The van der Waals surface area contributed by atoms with Gasteiger partial charge < -0.3 is 10.6 Å². The van der Waals surface area contributed by atoms with Crippen LogP contribution in [-0.2, 0) is 5.75 Å². The van der Waals surface area contributed by atoms with E-state index in [9.17, 15) is 4.79 Å². The molecule has 2 N–H and O–H groups in total. The van der Waals surface area contributed by atoms with Gasteiger partial charge in [0.2, 0.25) is 0 Å². The number of hydrogen-bond donors (Lipinski definition) is 2. The number of amides is 1. The maximum Gasteiger partial charge on any atom is 0.251 e. The van der Waals surface area contributed by atoms with Crippen LogP contribution in [0.2, 0.25) is 10.0 Å². The first-order valence-corrected chi connectivity index (χ1v) is 14.7. The van der Waals surface area contributed by atoms with E-state index in [1.807, 2.05) is 24.3 Å². The first-order chi connectivity index (χ1) is 17.6. The number of halogens is 2. The largest absolute Gasteiger partial charge is 0.378 e. The minimum Gasteiger partial charge on any atom is -0.378 e. The molecule has 1 heterocycles. The molecule has 0 aromatic heterocycles. The van der Waals surface area contributed by atoms with Crippen molar-refractivity contribution in [1.82, 2.24) is 5.32 Å². The lowest BCUT2D eigenvalue weighted by molar-refractivity contribution is 0.0956. The van der Waals surface area contributed by atoms with Gasteiger partial charge >= 0.3 is 0 Å². The van der Waals surface area contributed by atoms with Gasteiger partial charge in [-0.2, -0.15) is 11.8 Å². The van der Waals surface area contributed by atoms with Crippen molar-refractivity contribution in [3.63, 3.8) is 0 Å². The van der Waals surface area contributed by atoms with E-state index in [1.54, 1.807) is 11.8 Å². The van der Waals surface area contributed by atoms with Crippen LogP contribution in [0.1, 0.15) is 58.3 Å². The Bertz CT molecular complexity index is 1270. The summed E-state index contributed by atoms with van der Waals surface area (Å²) in [4.78, 5) is 13.0. The van der Waals surface area contributed by atoms with Crippen molar-refractivity contribution in [3.05, 3.63) is 99.0 Å². The van der Waals surface area contributed by atoms with Crippen LogP contribution in [0.5, 0.6) is 0 Å². The molecule has 5 atom stereocenters. The van der Waals surface area contributed by atoms with Gasteiger partial charge in [-0.1, -0.05) is 59.6 Å². The van der Waals surface area contributed by atoms with Crippen LogP contribution >= 0.6 is 35.0 Å². The molecule has 0 radical (unpaired) electrons. The number of thioether (sulfide) groups is 1. The first kappa shape index (κ1) is 24.2. The molecule has 3 nitrogen and oxygen atoms in total. The van der Waals surface area contributed by atoms with Gasteiger partial charge in [-0.15, -0.1) is 0 Å². The monoisotopic (exact) mass is 536 g/mol. The summed E-state index contributed by atoms with van der Waals surface area (Å²) >= 11 is 13.9. The van der Waals surface area contributed by atoms with Crippen molar-refractivity contribution in [2.45, 2.75) is 37.0 Å². The molecule has 6 heteroatoms. The molecule has 3 aliphatic rings. The molecule has 2 aliphatic carbocycles. The third kappa shape index (κ3) is 4.64. The number of fused-ring (bicyclic) bond motifs is 7. The molecular formula is C30H30Cl2N2OS. The molecule has 1 aliphatic heterocycles. The zero-order valence-electron chi connectivity index (χ0n) is 20.1. The summed E-state index contributed by atoms with van der Waals surface area (Å²) in [7, 11) is 0. The Morgan fingerprint density at radius 3 is 2.64 bits per heavy atom. The fourth-order valence-corrected chi connectivity index (χ4v) is 7.90. The normalized spacial score (nSPS) is 25.7. The fraction of sp³-hybridized carbons (Fsp3) is 0.367. The number of rotatable bonds is 7. The molecule has 0 unspecified atom stereocenters. The maximum atomic E-state index is 13.0. The van der Waals surface area contributed by atoms with E-state index in [1.165, 1.54) is 36.1 Å². The second-order valence-electron chi connectivity index (χ2n) is 10.3. The highest BCUT2D eigenvalue weighted by Gasteiger charge is 2.53. The van der Waals surface area contributed by atoms with Crippen molar-refractivity contribution < 1.29 is 4.79 Å². The van der Waals surface area contributed by atoms with Crippen molar-refractivity contribution in [2.75, 3.05) is 17.6 Å². The Morgan fingerprint density at radius 1 is 0.972 bits per heavy atom. The standard InChI is InChI=1S/C30H30Cl2N2OS/c31-24-10-6-18(14-25(24)32)17-36-13-12-33-30(35)22-9-11-26-23(16-22)27-20-7-8-21(15-20)28(27)29(34-26)19-4-2-1-3-5-19/h1-6,9-11,14,16,20-21,27-29,34H,7-8,12-13,15,17H2,(H,33,35)/t20-,21-,27-,28+,29-/m0/s1. The summed E-state index contributed by atoms with van der Waals surface area (Å²) in [6.07, 6.45) is 3.98. The lowest BCUT2D eigenvalue weighted by Crippen LogP contribution is -2.35. The zero-order valence-corrected chi connectivity index (χ0v) is 22.4. The van der Waals surface area contributed by atoms with Crippen LogP contribution in [0.25, 0.3) is 0 Å². The van der Waals surface area contributed by atoms with Gasteiger partial charge in [0, 0.05) is 29.3 Å². The number of benzene rings is 3. The van der Waals surface area contributed by atoms with Crippen LogP contribution in [0.4, 0.5) is 5.69 Å². The topological polar surface area (TPSA) is 41.1 Å². The maximum absolute atomic E-state index is 13.0. The minimum atomic E-state index is 0.0119. The lowest BCUT2D eigenvalue weighted by Gasteiger charge is -2.43. The summed E-state index contributed by atoms with van der Waals surface area (Å²) in [5, 5.41) is 8.13. The van der Waals surface area contributed by atoms with Crippen molar-refractivity contribution >= 4 is 46.6 Å². The first-order valence-electron chi connectivity index (χ1n) is 12.8. The molecule has 36 heavy (non-hydrogen) atoms. The van der Waals surface area contributed by atoms with Crippen LogP contribution in [0.3, 0.4) is 0 Å². The van der Waals surface area contributed by atoms with Crippen LogP contribution in [0.15, 0.2) is 66.7 Å². The molecule has 3 aromatic rings. The number of carbonyl (C=O) groups excluding carboxylic acids is 1. The zero-order chi connectivity index (χ0) is 24.6. The van der Waals surface area contributed by atoms with Gasteiger partial charge in [-0.25, -0.2) is 0 Å². The highest BCUT2D eigenvalue weighted by Crippen LogP contribution is 2.63. The Morgan fingerprint density at radius 2 is 1.81 bits per heavy atom. The molecule has 2 fully saturated rings. The van der Waals surface area contributed by atoms with E-state index in [0.717, 1.165) is 34.5 Å². The molecule has 2 bridgehead atoms. The molecule has 3 aromatic carbocycles. The van der Waals surface area contributed by atoms with Gasteiger partial charge in [-0.05, 0) is 90.0 Å². The molecule has 186 valence electrons. The molecule has 0 spiro atoms. The number of nitrogens with one attached hydrogen (secondary N) is 2. The third-order valence-corrected chi connectivity index (χ3v) is 10.1. The molecule has 0 saturated heterocycles. The van der Waals surface area contributed by atoms with Crippen LogP contribution in [-0.4, -0.2) is 18.2 Å². The second kappa shape index (κ2) is 10.3. The Labute approximate surface area is 227 Å². The average molecular weight is 538 g/mol. The third-order valence-electron chi connectivity index (χ3n) is 8.29. The lowest BCUT2D eigenvalue weighted by atomic mass is 9.68. The summed E-state index contributed by atoms with van der Waals surface area (Å²) in [5.41, 5.74) is 5.83. The summed E-state index contributed by atoms with van der Waals surface area (Å²) in [6.45, 7) is 0.632. The summed E-state index contributed by atoms with van der Waals surface area (Å²) in [6, 6.07) is 23.2. The Balaban J connectivity index is 1.12. The quantitative estimate of drug-likeness (QED) is 0.301. The van der Waals surface area contributed by atoms with Crippen molar-refractivity contribution in [1.29, 1.82) is 0 Å². The molecule has 2 saturated carbocycles. The van der Waals surface area contributed by atoms with Gasteiger partial charge in [0.1, 0.15) is 0 Å². The smallest absolute Gasteiger partial charge is 0.251 e. The summed E-state index contributed by atoms with van der Waals surface area (Å²) < 4.78 is 0. The predicted molar refractivity (Wildman–Crippen MR) is 151 cm³/mol. The molecular weight excluding hydrogens is 507 g/mol. The van der Waals surface area contributed by atoms with Crippen LogP contribution < -0.4 is 10.6 Å². The Hall–Kier alpha value is -2.14. The fourth-order valence-electron chi connectivity index (χ4n) is 6.78. The van der Waals surface area contributed by atoms with Gasteiger partial charge in [0.25, 0.3) is 5.91 Å². The highest BCUT2D eigenvalue weighted by molar-refractivity contribution is 7.98. The number of anilines is 1. The molecule has 1 amide bonds. The number of hydrogen-bond acceptors (Lipinski definition) is 3. The van der Waals surface area contributed by atoms with E-state index in [2.05, 4.69) is 53.1 Å². The van der Waals surface area contributed by atoms with E-state index >= 15 is 0 Å². The van der Waals surface area contributed by atoms with Gasteiger partial charge in [0.15, 0.2) is 0 Å². The minimum absolute atomic E-state index is 0.0119. The van der Waals surface area contributed by atoms with E-state index in [0.29, 0.717) is 34.5 Å². The Kier molecular flexibility index (Phi) is 6.94.